The van der Waals surface area contributed by atoms with Crippen LogP contribution in [0, 0.1) is 5.92 Å². The van der Waals surface area contributed by atoms with Crippen LogP contribution in [-0.2, 0) is 19.1 Å². The van der Waals surface area contributed by atoms with Crippen molar-refractivity contribution in [3.8, 4) is 17.2 Å². The van der Waals surface area contributed by atoms with Crippen molar-refractivity contribution < 1.29 is 28.5 Å². The van der Waals surface area contributed by atoms with E-state index >= 15 is 0 Å². The topological polar surface area (TPSA) is 105 Å². The smallest absolute Gasteiger partial charge is 0.306 e. The first-order valence-electron chi connectivity index (χ1n) is 14.8. The predicted octanol–water partition coefficient (Wildman–Crippen LogP) is 5.80. The molecular weight excluding hydrogens is 572 g/mol. The molecule has 0 aliphatic carbocycles. The lowest BCUT2D eigenvalue weighted by atomic mass is 9.93. The van der Waals surface area contributed by atoms with Gasteiger partial charge in [-0.1, -0.05) is 37.6 Å². The summed E-state index contributed by atoms with van der Waals surface area (Å²) in [6.07, 6.45) is 0.594. The number of esters is 1. The van der Waals surface area contributed by atoms with Crippen LogP contribution in [-0.4, -0.2) is 65.5 Å². The minimum Gasteiger partial charge on any atom is -0.493 e. The second-order valence-electron chi connectivity index (χ2n) is 11.2. The number of methoxy groups -OCH3 is 2. The number of hydrogen-bond donors (Lipinski definition) is 0. The molecule has 3 aromatic rings. The average molecular weight is 611 g/mol. The number of fused-ring (bicyclic) bond motifs is 3. The van der Waals surface area contributed by atoms with E-state index in [2.05, 4.69) is 24.0 Å². The zero-order chi connectivity index (χ0) is 30.7. The van der Waals surface area contributed by atoms with E-state index in [1.165, 1.54) is 0 Å². The van der Waals surface area contributed by atoms with Crippen LogP contribution in [0.5, 0.6) is 11.5 Å². The highest BCUT2D eigenvalue weighted by atomic mass is 35.5. The summed E-state index contributed by atoms with van der Waals surface area (Å²) in [7, 11) is 3.18. The third-order valence-corrected chi connectivity index (χ3v) is 8.37. The van der Waals surface area contributed by atoms with Crippen LogP contribution in [0.3, 0.4) is 0 Å². The minimum atomic E-state index is -0.711. The summed E-state index contributed by atoms with van der Waals surface area (Å²) in [6.45, 7) is 7.44. The molecule has 2 aliphatic heterocycles. The molecule has 5 rings (SSSR count). The number of ether oxygens (including phenoxy) is 4. The summed E-state index contributed by atoms with van der Waals surface area (Å²) in [5.41, 5.74) is 2.38. The number of likely N-dealkylation sites (tertiary alicyclic amines) is 1. The van der Waals surface area contributed by atoms with Gasteiger partial charge in [-0.2, -0.15) is 0 Å². The monoisotopic (exact) mass is 610 g/mol. The van der Waals surface area contributed by atoms with Gasteiger partial charge in [0.15, 0.2) is 17.3 Å². The molecule has 0 saturated carbocycles. The van der Waals surface area contributed by atoms with Gasteiger partial charge in [0.2, 0.25) is 5.91 Å². The summed E-state index contributed by atoms with van der Waals surface area (Å²) >= 11 is 6.56. The molecule has 0 spiro atoms. The normalized spacial score (nSPS) is 18.5. The molecule has 1 saturated heterocycles. The maximum Gasteiger partial charge on any atom is 0.306 e. The molecule has 230 valence electrons. The molecule has 2 atom stereocenters. The number of para-hydroxylation sites is 1. The molecule has 43 heavy (non-hydrogen) atoms. The van der Waals surface area contributed by atoms with E-state index < -0.39 is 12.2 Å². The van der Waals surface area contributed by atoms with Crippen molar-refractivity contribution in [2.45, 2.75) is 64.6 Å². The van der Waals surface area contributed by atoms with Crippen LogP contribution in [0.4, 0.5) is 0 Å². The molecule has 0 bridgehead atoms. The molecule has 10 nitrogen and oxygen atoms in total. The number of benzene rings is 2. The maximum atomic E-state index is 13.8. The van der Waals surface area contributed by atoms with Crippen LogP contribution in [0.15, 0.2) is 36.4 Å². The summed E-state index contributed by atoms with van der Waals surface area (Å²) in [6, 6.07) is 11.3. The fourth-order valence-corrected chi connectivity index (χ4v) is 6.18. The first kappa shape index (κ1) is 30.8. The van der Waals surface area contributed by atoms with Crippen molar-refractivity contribution in [2.75, 3.05) is 33.9 Å². The molecule has 1 amide bonds. The average Bonchev–Trinajstić information content (AvgIpc) is 3.39. The Kier molecular flexibility index (Phi) is 9.56. The SMILES string of the molecule is CCOC(=O)CC1CCN(C(=O)CC2OC(c3cccc(OC)c3OC)c3cc(Cl)ccc3-n3c(C(C)C)nnc32)CC1. The summed E-state index contributed by atoms with van der Waals surface area (Å²) in [5.74, 6) is 2.47. The Morgan fingerprint density at radius 2 is 1.81 bits per heavy atom. The van der Waals surface area contributed by atoms with Gasteiger partial charge in [0.05, 0.1) is 32.9 Å². The van der Waals surface area contributed by atoms with E-state index in [9.17, 15) is 9.59 Å². The van der Waals surface area contributed by atoms with Gasteiger partial charge >= 0.3 is 5.97 Å². The molecule has 1 aromatic heterocycles. The zero-order valence-electron chi connectivity index (χ0n) is 25.3. The van der Waals surface area contributed by atoms with E-state index in [0.717, 1.165) is 35.5 Å². The van der Waals surface area contributed by atoms with Gasteiger partial charge in [0, 0.05) is 41.6 Å². The van der Waals surface area contributed by atoms with E-state index in [1.54, 1.807) is 14.2 Å². The standard InChI is InChI=1S/C32H39ClN4O6/c1-6-42-28(39)16-20-12-14-36(15-13-20)27(38)18-26-32-35-34-31(19(2)3)37(32)24-11-10-21(33)17-23(24)29(43-26)22-8-7-9-25(40-4)30(22)41-5/h7-11,17,19-20,26,29H,6,12-16,18H2,1-5H3. The molecule has 0 N–H and O–H groups in total. The molecule has 2 unspecified atom stereocenters. The molecule has 3 heterocycles. The molecule has 0 radical (unpaired) electrons. The number of piperidine rings is 1. The van der Waals surface area contributed by atoms with E-state index in [4.69, 9.17) is 30.5 Å². The Labute approximate surface area is 257 Å². The first-order chi connectivity index (χ1) is 20.7. The lowest BCUT2D eigenvalue weighted by Gasteiger charge is -2.32. The van der Waals surface area contributed by atoms with Gasteiger partial charge < -0.3 is 23.8 Å². The third-order valence-electron chi connectivity index (χ3n) is 8.13. The Hall–Kier alpha value is -3.63. The summed E-state index contributed by atoms with van der Waals surface area (Å²) < 4.78 is 25.4. The Morgan fingerprint density at radius 3 is 2.49 bits per heavy atom. The number of amides is 1. The second-order valence-corrected chi connectivity index (χ2v) is 11.7. The van der Waals surface area contributed by atoms with Crippen molar-refractivity contribution >= 4 is 23.5 Å². The van der Waals surface area contributed by atoms with Crippen LogP contribution in [0.1, 0.15) is 87.4 Å². The van der Waals surface area contributed by atoms with Crippen LogP contribution >= 0.6 is 11.6 Å². The van der Waals surface area contributed by atoms with Crippen LogP contribution < -0.4 is 9.47 Å². The lowest BCUT2D eigenvalue weighted by molar-refractivity contribution is -0.144. The van der Waals surface area contributed by atoms with Crippen molar-refractivity contribution in [2.24, 2.45) is 5.92 Å². The lowest BCUT2D eigenvalue weighted by Crippen LogP contribution is -2.39. The van der Waals surface area contributed by atoms with Gasteiger partial charge in [-0.15, -0.1) is 10.2 Å². The molecule has 2 aromatic carbocycles. The van der Waals surface area contributed by atoms with Crippen molar-refractivity contribution in [3.63, 3.8) is 0 Å². The highest BCUT2D eigenvalue weighted by Gasteiger charge is 2.38. The van der Waals surface area contributed by atoms with Gasteiger partial charge in [0.1, 0.15) is 18.0 Å². The Balaban J connectivity index is 1.51. The van der Waals surface area contributed by atoms with Gasteiger partial charge in [-0.25, -0.2) is 0 Å². The number of nitrogens with zero attached hydrogens (tertiary/aromatic N) is 4. The zero-order valence-corrected chi connectivity index (χ0v) is 26.1. The maximum absolute atomic E-state index is 13.8. The van der Waals surface area contributed by atoms with E-state index in [1.807, 2.05) is 52.8 Å². The van der Waals surface area contributed by atoms with E-state index in [-0.39, 0.29) is 30.1 Å². The quantitative estimate of drug-likeness (QED) is 0.280. The molecule has 1 fully saturated rings. The highest BCUT2D eigenvalue weighted by Crippen LogP contribution is 2.46. The highest BCUT2D eigenvalue weighted by molar-refractivity contribution is 6.30. The fraction of sp³-hybridized carbons (Fsp3) is 0.500. The van der Waals surface area contributed by atoms with E-state index in [0.29, 0.717) is 48.5 Å². The van der Waals surface area contributed by atoms with Crippen molar-refractivity contribution in [1.29, 1.82) is 0 Å². The predicted molar refractivity (Wildman–Crippen MR) is 161 cm³/mol. The number of hydrogen-bond acceptors (Lipinski definition) is 8. The molecular formula is C32H39ClN4O6. The summed E-state index contributed by atoms with van der Waals surface area (Å²) in [4.78, 5) is 27.6. The number of carbonyl (C=O) groups is 2. The van der Waals surface area contributed by atoms with Crippen LogP contribution in [0.2, 0.25) is 5.02 Å². The second kappa shape index (κ2) is 13.3. The van der Waals surface area contributed by atoms with Crippen molar-refractivity contribution in [1.82, 2.24) is 19.7 Å². The largest absolute Gasteiger partial charge is 0.493 e. The number of aromatic nitrogens is 3. The Bertz CT molecular complexity index is 1470. The van der Waals surface area contributed by atoms with Crippen LogP contribution in [0.25, 0.3) is 5.69 Å². The minimum absolute atomic E-state index is 0.0411. The number of halogens is 1. The third kappa shape index (κ3) is 6.35. The number of rotatable bonds is 9. The van der Waals surface area contributed by atoms with Gasteiger partial charge in [0.25, 0.3) is 0 Å². The molecule has 2 aliphatic rings. The van der Waals surface area contributed by atoms with Crippen molar-refractivity contribution in [3.05, 3.63) is 64.2 Å². The summed E-state index contributed by atoms with van der Waals surface area (Å²) in [5, 5.41) is 9.66. The van der Waals surface area contributed by atoms with Gasteiger partial charge in [-0.3, -0.25) is 14.2 Å². The number of carbonyl (C=O) groups excluding carboxylic acids is 2. The first-order valence-corrected chi connectivity index (χ1v) is 15.2. The Morgan fingerprint density at radius 1 is 1.05 bits per heavy atom. The van der Waals surface area contributed by atoms with Gasteiger partial charge in [-0.05, 0) is 49.9 Å². The molecule has 11 heteroatoms. The fourth-order valence-electron chi connectivity index (χ4n) is 6.00.